The minimum absolute atomic E-state index is 0.486. The summed E-state index contributed by atoms with van der Waals surface area (Å²) in [6, 6.07) is 6.51. The highest BCUT2D eigenvalue weighted by atomic mass is 15.3. The fourth-order valence-electron chi connectivity index (χ4n) is 2.69. The van der Waals surface area contributed by atoms with E-state index >= 15 is 0 Å². The number of piperazine rings is 1. The molecule has 1 atom stereocenters. The number of nitrogens with zero attached hydrogens (tertiary/aromatic N) is 4. The zero-order valence-electron chi connectivity index (χ0n) is 14.6. The first kappa shape index (κ1) is 17.7. The van der Waals surface area contributed by atoms with Crippen molar-refractivity contribution in [2.75, 3.05) is 53.4 Å². The Morgan fingerprint density at radius 1 is 1.30 bits per heavy atom. The van der Waals surface area contributed by atoms with Gasteiger partial charge in [0, 0.05) is 57.1 Å². The molecule has 1 fully saturated rings. The van der Waals surface area contributed by atoms with Gasteiger partial charge in [-0.2, -0.15) is 0 Å². The van der Waals surface area contributed by atoms with Crippen LogP contribution in [0, 0.1) is 0 Å². The first-order valence-electron chi connectivity index (χ1n) is 8.50. The second-order valence-corrected chi connectivity index (χ2v) is 6.11. The molecule has 23 heavy (non-hydrogen) atoms. The molecule has 0 radical (unpaired) electrons. The summed E-state index contributed by atoms with van der Waals surface area (Å²) in [6.45, 7) is 7.95. The van der Waals surface area contributed by atoms with Crippen molar-refractivity contribution in [3.05, 3.63) is 30.1 Å². The number of hydrogen-bond acceptors (Lipinski definition) is 4. The summed E-state index contributed by atoms with van der Waals surface area (Å²) in [5, 5.41) is 6.72. The standard InChI is InChI=1S/C17H30N6/c1-4-18-17(20-10-8-15-7-5-6-9-19-15)21-13-16-14-22(2)11-12-23(16)3/h5-7,9,16H,4,8,10-14H2,1-3H3,(H2,18,20,21). The maximum absolute atomic E-state index is 4.76. The maximum Gasteiger partial charge on any atom is 0.191 e. The summed E-state index contributed by atoms with van der Waals surface area (Å²) in [5.74, 6) is 0.894. The van der Waals surface area contributed by atoms with Gasteiger partial charge in [-0.15, -0.1) is 0 Å². The average Bonchev–Trinajstić information content (AvgIpc) is 2.56. The molecule has 128 valence electrons. The van der Waals surface area contributed by atoms with Gasteiger partial charge < -0.3 is 15.5 Å². The van der Waals surface area contributed by atoms with Crippen molar-refractivity contribution in [2.24, 2.45) is 4.99 Å². The number of hydrogen-bond donors (Lipinski definition) is 2. The third-order valence-corrected chi connectivity index (χ3v) is 4.18. The zero-order valence-corrected chi connectivity index (χ0v) is 14.6. The lowest BCUT2D eigenvalue weighted by molar-refractivity contribution is 0.119. The smallest absolute Gasteiger partial charge is 0.191 e. The highest BCUT2D eigenvalue weighted by Gasteiger charge is 2.21. The van der Waals surface area contributed by atoms with Crippen LogP contribution in [0.3, 0.4) is 0 Å². The van der Waals surface area contributed by atoms with E-state index in [4.69, 9.17) is 4.99 Å². The van der Waals surface area contributed by atoms with Crippen LogP contribution in [0.25, 0.3) is 0 Å². The highest BCUT2D eigenvalue weighted by molar-refractivity contribution is 5.79. The normalized spacial score (nSPS) is 20.5. The molecule has 6 nitrogen and oxygen atoms in total. The Hall–Kier alpha value is -1.66. The molecule has 6 heteroatoms. The van der Waals surface area contributed by atoms with Gasteiger partial charge in [-0.3, -0.25) is 14.9 Å². The Labute approximate surface area is 140 Å². The molecule has 1 aromatic rings. The van der Waals surface area contributed by atoms with Gasteiger partial charge in [0.1, 0.15) is 0 Å². The molecule has 1 aliphatic heterocycles. The topological polar surface area (TPSA) is 55.8 Å². The number of aromatic nitrogens is 1. The van der Waals surface area contributed by atoms with Crippen molar-refractivity contribution >= 4 is 5.96 Å². The van der Waals surface area contributed by atoms with E-state index in [9.17, 15) is 0 Å². The molecule has 0 aromatic carbocycles. The third kappa shape index (κ3) is 6.15. The van der Waals surface area contributed by atoms with Crippen LogP contribution < -0.4 is 10.6 Å². The number of pyridine rings is 1. The second-order valence-electron chi connectivity index (χ2n) is 6.11. The molecule has 1 saturated heterocycles. The predicted octanol–water partition coefficient (Wildman–Crippen LogP) is 0.425. The van der Waals surface area contributed by atoms with Crippen molar-refractivity contribution in [1.82, 2.24) is 25.4 Å². The van der Waals surface area contributed by atoms with Gasteiger partial charge in [-0.25, -0.2) is 0 Å². The van der Waals surface area contributed by atoms with E-state index in [0.29, 0.717) is 6.04 Å². The largest absolute Gasteiger partial charge is 0.357 e. The molecule has 2 rings (SSSR count). The second kappa shape index (κ2) is 9.47. The highest BCUT2D eigenvalue weighted by Crippen LogP contribution is 2.06. The third-order valence-electron chi connectivity index (χ3n) is 4.18. The van der Waals surface area contributed by atoms with Crippen LogP contribution >= 0.6 is 0 Å². The van der Waals surface area contributed by atoms with Gasteiger partial charge >= 0.3 is 0 Å². The monoisotopic (exact) mass is 318 g/mol. The lowest BCUT2D eigenvalue weighted by atomic mass is 10.2. The summed E-state index contributed by atoms with van der Waals surface area (Å²) in [7, 11) is 4.37. The SMILES string of the molecule is CCNC(=NCC1CN(C)CCN1C)NCCc1ccccn1. The van der Waals surface area contributed by atoms with Gasteiger partial charge in [0.2, 0.25) is 0 Å². The predicted molar refractivity (Wildman–Crippen MR) is 95.8 cm³/mol. The summed E-state index contributed by atoms with van der Waals surface area (Å²) in [4.78, 5) is 13.9. The van der Waals surface area contributed by atoms with Crippen molar-refractivity contribution in [1.29, 1.82) is 0 Å². The molecule has 0 spiro atoms. The maximum atomic E-state index is 4.76. The van der Waals surface area contributed by atoms with Crippen LogP contribution in [0.1, 0.15) is 12.6 Å². The number of rotatable bonds is 6. The van der Waals surface area contributed by atoms with Crippen LogP contribution in [-0.4, -0.2) is 80.1 Å². The lowest BCUT2D eigenvalue weighted by Crippen LogP contribution is -2.51. The summed E-state index contributed by atoms with van der Waals surface area (Å²) < 4.78 is 0. The van der Waals surface area contributed by atoms with Crippen molar-refractivity contribution in [2.45, 2.75) is 19.4 Å². The average molecular weight is 318 g/mol. The molecule has 0 saturated carbocycles. The summed E-state index contributed by atoms with van der Waals surface area (Å²) >= 11 is 0. The van der Waals surface area contributed by atoms with Gasteiger partial charge in [-0.05, 0) is 33.2 Å². The molecule has 0 bridgehead atoms. The Morgan fingerprint density at radius 2 is 2.17 bits per heavy atom. The fourth-order valence-corrected chi connectivity index (χ4v) is 2.69. The van der Waals surface area contributed by atoms with E-state index in [2.05, 4.69) is 52.5 Å². The number of nitrogens with one attached hydrogen (secondary N) is 2. The van der Waals surface area contributed by atoms with Crippen LogP contribution in [0.5, 0.6) is 0 Å². The number of aliphatic imine (C=N–C) groups is 1. The van der Waals surface area contributed by atoms with E-state index in [0.717, 1.165) is 57.3 Å². The van der Waals surface area contributed by atoms with E-state index in [1.165, 1.54) is 0 Å². The van der Waals surface area contributed by atoms with Gasteiger partial charge in [0.05, 0.1) is 6.54 Å². The lowest BCUT2D eigenvalue weighted by Gasteiger charge is -2.36. The van der Waals surface area contributed by atoms with Crippen molar-refractivity contribution in [3.8, 4) is 0 Å². The number of likely N-dealkylation sites (N-methyl/N-ethyl adjacent to an activating group) is 2. The van der Waals surface area contributed by atoms with Crippen molar-refractivity contribution < 1.29 is 0 Å². The molecule has 1 aliphatic rings. The Balaban J connectivity index is 1.81. The summed E-state index contributed by atoms with van der Waals surface area (Å²) in [5.41, 5.74) is 1.10. The molecule has 2 heterocycles. The quantitative estimate of drug-likeness (QED) is 0.588. The van der Waals surface area contributed by atoms with E-state index in [1.54, 1.807) is 0 Å². The van der Waals surface area contributed by atoms with Gasteiger partial charge in [0.15, 0.2) is 5.96 Å². The molecule has 0 aliphatic carbocycles. The van der Waals surface area contributed by atoms with E-state index in [-0.39, 0.29) is 0 Å². The molecule has 1 aromatic heterocycles. The number of guanidine groups is 1. The first-order valence-corrected chi connectivity index (χ1v) is 8.50. The Kier molecular flexibility index (Phi) is 7.29. The van der Waals surface area contributed by atoms with Gasteiger partial charge in [0.25, 0.3) is 0 Å². The molecule has 2 N–H and O–H groups in total. The van der Waals surface area contributed by atoms with Crippen LogP contribution in [0.15, 0.2) is 29.4 Å². The van der Waals surface area contributed by atoms with Crippen molar-refractivity contribution in [3.63, 3.8) is 0 Å². The fraction of sp³-hybridized carbons (Fsp3) is 0.647. The van der Waals surface area contributed by atoms with E-state index < -0.39 is 0 Å². The minimum atomic E-state index is 0.486. The Bertz CT molecular complexity index is 475. The molecule has 1 unspecified atom stereocenters. The minimum Gasteiger partial charge on any atom is -0.357 e. The van der Waals surface area contributed by atoms with E-state index in [1.807, 2.05) is 18.3 Å². The first-order chi connectivity index (χ1) is 11.2. The van der Waals surface area contributed by atoms with Gasteiger partial charge in [-0.1, -0.05) is 6.07 Å². The molecule has 0 amide bonds. The Morgan fingerprint density at radius 3 is 2.91 bits per heavy atom. The van der Waals surface area contributed by atoms with Crippen LogP contribution in [0.2, 0.25) is 0 Å². The summed E-state index contributed by atoms with van der Waals surface area (Å²) in [6.07, 6.45) is 2.74. The zero-order chi connectivity index (χ0) is 16.5. The molecular weight excluding hydrogens is 288 g/mol. The molecular formula is C17H30N6. The van der Waals surface area contributed by atoms with Crippen LogP contribution in [0.4, 0.5) is 0 Å². The van der Waals surface area contributed by atoms with Crippen LogP contribution in [-0.2, 0) is 6.42 Å².